The third kappa shape index (κ3) is 2.62. The van der Waals surface area contributed by atoms with Crippen molar-refractivity contribution in [3.8, 4) is 16.9 Å². The molecule has 3 nitrogen and oxygen atoms in total. The molecule has 0 amide bonds. The van der Waals surface area contributed by atoms with Crippen LogP contribution >= 0.6 is 0 Å². The minimum Gasteiger partial charge on any atom is -0.491 e. The van der Waals surface area contributed by atoms with Crippen LogP contribution in [-0.4, -0.2) is 11.1 Å². The molecule has 0 unspecified atom stereocenters. The van der Waals surface area contributed by atoms with E-state index >= 15 is 0 Å². The van der Waals surface area contributed by atoms with Gasteiger partial charge in [0.2, 0.25) is 0 Å². The first-order chi connectivity index (χ1) is 10.6. The SMILES string of the molecule is Cc1ccccc1-c1c[nH]c(=O)c2cc(OC(C)C)ccc12. The molecule has 0 aliphatic carbocycles. The second-order valence-corrected chi connectivity index (χ2v) is 5.72. The second-order valence-electron chi connectivity index (χ2n) is 5.72. The molecule has 0 spiro atoms. The maximum Gasteiger partial charge on any atom is 0.255 e. The summed E-state index contributed by atoms with van der Waals surface area (Å²) in [5.74, 6) is 0.718. The third-order valence-electron chi connectivity index (χ3n) is 3.68. The molecule has 0 aliphatic heterocycles. The molecule has 1 N–H and O–H groups in total. The molecule has 1 heterocycles. The predicted molar refractivity (Wildman–Crippen MR) is 90.5 cm³/mol. The first-order valence-electron chi connectivity index (χ1n) is 7.44. The summed E-state index contributed by atoms with van der Waals surface area (Å²) in [6, 6.07) is 13.9. The van der Waals surface area contributed by atoms with Crippen molar-refractivity contribution in [2.75, 3.05) is 0 Å². The summed E-state index contributed by atoms with van der Waals surface area (Å²) >= 11 is 0. The third-order valence-corrected chi connectivity index (χ3v) is 3.68. The summed E-state index contributed by atoms with van der Waals surface area (Å²) in [4.78, 5) is 15.0. The first-order valence-corrected chi connectivity index (χ1v) is 7.44. The van der Waals surface area contributed by atoms with Gasteiger partial charge in [0.15, 0.2) is 0 Å². The molecule has 1 aromatic heterocycles. The number of pyridine rings is 1. The van der Waals surface area contributed by atoms with Crippen molar-refractivity contribution in [1.29, 1.82) is 0 Å². The van der Waals surface area contributed by atoms with Crippen molar-refractivity contribution in [3.63, 3.8) is 0 Å². The highest BCUT2D eigenvalue weighted by Crippen LogP contribution is 2.30. The summed E-state index contributed by atoms with van der Waals surface area (Å²) < 4.78 is 5.69. The van der Waals surface area contributed by atoms with E-state index in [1.54, 1.807) is 6.20 Å². The lowest BCUT2D eigenvalue weighted by molar-refractivity contribution is 0.243. The van der Waals surface area contributed by atoms with Gasteiger partial charge in [0.05, 0.1) is 11.5 Å². The normalized spacial score (nSPS) is 11.1. The molecule has 0 radical (unpaired) electrons. The van der Waals surface area contributed by atoms with Crippen LogP contribution in [0.2, 0.25) is 0 Å². The number of nitrogens with one attached hydrogen (secondary N) is 1. The molecule has 3 heteroatoms. The highest BCUT2D eigenvalue weighted by atomic mass is 16.5. The fourth-order valence-corrected chi connectivity index (χ4v) is 2.68. The first kappa shape index (κ1) is 14.4. The molecule has 0 bridgehead atoms. The Kier molecular flexibility index (Phi) is 3.72. The summed E-state index contributed by atoms with van der Waals surface area (Å²) in [5.41, 5.74) is 3.24. The zero-order chi connectivity index (χ0) is 15.7. The van der Waals surface area contributed by atoms with E-state index < -0.39 is 0 Å². The average Bonchev–Trinajstić information content (AvgIpc) is 2.48. The fourth-order valence-electron chi connectivity index (χ4n) is 2.68. The topological polar surface area (TPSA) is 42.1 Å². The monoisotopic (exact) mass is 293 g/mol. The molecule has 22 heavy (non-hydrogen) atoms. The lowest BCUT2D eigenvalue weighted by Crippen LogP contribution is -2.09. The molecule has 3 rings (SSSR count). The summed E-state index contributed by atoms with van der Waals surface area (Å²) in [6.45, 7) is 6.01. The van der Waals surface area contributed by atoms with Crippen molar-refractivity contribution in [2.45, 2.75) is 26.9 Å². The number of benzene rings is 2. The standard InChI is InChI=1S/C19H19NO2/c1-12(2)22-14-8-9-16-17(10-14)19(21)20-11-18(16)15-7-5-4-6-13(15)3/h4-12H,1-3H3,(H,20,21). The van der Waals surface area contributed by atoms with Gasteiger partial charge in [-0.2, -0.15) is 0 Å². The number of aromatic nitrogens is 1. The Hall–Kier alpha value is -2.55. The minimum atomic E-state index is -0.0958. The number of aromatic amines is 1. The Morgan fingerprint density at radius 2 is 1.77 bits per heavy atom. The lowest BCUT2D eigenvalue weighted by Gasteiger charge is -2.12. The van der Waals surface area contributed by atoms with E-state index in [1.165, 1.54) is 5.56 Å². The van der Waals surface area contributed by atoms with Gasteiger partial charge in [-0.1, -0.05) is 24.3 Å². The van der Waals surface area contributed by atoms with Crippen molar-refractivity contribution in [3.05, 3.63) is 64.6 Å². The maximum atomic E-state index is 12.2. The van der Waals surface area contributed by atoms with Gasteiger partial charge in [-0.05, 0) is 55.5 Å². The van der Waals surface area contributed by atoms with Crippen molar-refractivity contribution < 1.29 is 4.74 Å². The number of aryl methyl sites for hydroxylation is 1. The molecule has 0 fully saturated rings. The predicted octanol–water partition coefficient (Wildman–Crippen LogP) is 4.29. The number of rotatable bonds is 3. The van der Waals surface area contributed by atoms with Gasteiger partial charge in [-0.25, -0.2) is 0 Å². The van der Waals surface area contributed by atoms with Crippen molar-refractivity contribution in [1.82, 2.24) is 4.98 Å². The summed E-state index contributed by atoms with van der Waals surface area (Å²) in [6.07, 6.45) is 1.87. The quantitative estimate of drug-likeness (QED) is 0.782. The molecule has 112 valence electrons. The molecule has 2 aromatic carbocycles. The van der Waals surface area contributed by atoms with E-state index in [2.05, 4.69) is 24.0 Å². The van der Waals surface area contributed by atoms with Gasteiger partial charge >= 0.3 is 0 Å². The Morgan fingerprint density at radius 1 is 1.00 bits per heavy atom. The molecule has 0 saturated carbocycles. The Labute approximate surface area is 129 Å². The molecule has 0 aliphatic rings. The van der Waals surface area contributed by atoms with Crippen LogP contribution < -0.4 is 10.3 Å². The number of hydrogen-bond donors (Lipinski definition) is 1. The number of ether oxygens (including phenoxy) is 1. The summed E-state index contributed by atoms with van der Waals surface area (Å²) in [7, 11) is 0. The van der Waals surface area contributed by atoms with E-state index in [1.807, 2.05) is 44.2 Å². The number of fused-ring (bicyclic) bond motifs is 1. The molecule has 0 atom stereocenters. The molecule has 3 aromatic rings. The van der Waals surface area contributed by atoms with Crippen LogP contribution in [0.5, 0.6) is 5.75 Å². The largest absolute Gasteiger partial charge is 0.491 e. The van der Waals surface area contributed by atoms with Crippen LogP contribution in [0.1, 0.15) is 19.4 Å². The van der Waals surface area contributed by atoms with E-state index in [-0.39, 0.29) is 11.7 Å². The zero-order valence-corrected chi connectivity index (χ0v) is 13.0. The summed E-state index contributed by atoms with van der Waals surface area (Å²) in [5, 5.41) is 1.59. The zero-order valence-electron chi connectivity index (χ0n) is 13.0. The Balaban J connectivity index is 2.24. The van der Waals surface area contributed by atoms with E-state index in [0.717, 1.165) is 22.3 Å². The Bertz CT molecular complexity index is 878. The second kappa shape index (κ2) is 5.68. The average molecular weight is 293 g/mol. The lowest BCUT2D eigenvalue weighted by atomic mass is 9.97. The molecular formula is C19H19NO2. The van der Waals surface area contributed by atoms with Gasteiger partial charge in [0, 0.05) is 11.8 Å². The van der Waals surface area contributed by atoms with Crippen LogP contribution in [-0.2, 0) is 0 Å². The van der Waals surface area contributed by atoms with Crippen LogP contribution in [0.25, 0.3) is 21.9 Å². The van der Waals surface area contributed by atoms with Crippen molar-refractivity contribution in [2.24, 2.45) is 0 Å². The number of H-pyrrole nitrogens is 1. The van der Waals surface area contributed by atoms with Crippen LogP contribution in [0.15, 0.2) is 53.5 Å². The van der Waals surface area contributed by atoms with Gasteiger partial charge < -0.3 is 9.72 Å². The van der Waals surface area contributed by atoms with Crippen LogP contribution in [0.3, 0.4) is 0 Å². The van der Waals surface area contributed by atoms with E-state index in [0.29, 0.717) is 5.39 Å². The maximum absolute atomic E-state index is 12.2. The van der Waals surface area contributed by atoms with E-state index in [9.17, 15) is 4.79 Å². The van der Waals surface area contributed by atoms with Gasteiger partial charge in [-0.15, -0.1) is 0 Å². The number of hydrogen-bond acceptors (Lipinski definition) is 2. The molecule has 0 saturated heterocycles. The van der Waals surface area contributed by atoms with Gasteiger partial charge in [-0.3, -0.25) is 4.79 Å². The Morgan fingerprint density at radius 3 is 2.50 bits per heavy atom. The van der Waals surface area contributed by atoms with Crippen LogP contribution in [0.4, 0.5) is 0 Å². The van der Waals surface area contributed by atoms with Gasteiger partial charge in [0.25, 0.3) is 5.56 Å². The molecular weight excluding hydrogens is 274 g/mol. The minimum absolute atomic E-state index is 0.0797. The van der Waals surface area contributed by atoms with Gasteiger partial charge in [0.1, 0.15) is 5.75 Å². The van der Waals surface area contributed by atoms with Crippen molar-refractivity contribution >= 4 is 10.8 Å². The smallest absolute Gasteiger partial charge is 0.255 e. The highest BCUT2D eigenvalue weighted by Gasteiger charge is 2.10. The van der Waals surface area contributed by atoms with Crippen LogP contribution in [0, 0.1) is 6.92 Å². The van der Waals surface area contributed by atoms with E-state index in [4.69, 9.17) is 4.74 Å². The highest BCUT2D eigenvalue weighted by molar-refractivity contribution is 5.97. The fraction of sp³-hybridized carbons (Fsp3) is 0.211.